The number of nitrogens with zero attached hydrogens (tertiary/aromatic N) is 1. The summed E-state index contributed by atoms with van der Waals surface area (Å²) in [6, 6.07) is 5.91. The summed E-state index contributed by atoms with van der Waals surface area (Å²) in [5.41, 5.74) is 5.38. The number of aliphatic hydroxyl groups is 1. The summed E-state index contributed by atoms with van der Waals surface area (Å²) >= 11 is 0. The van der Waals surface area contributed by atoms with E-state index >= 15 is 0 Å². The minimum Gasteiger partial charge on any atom is -0.382 e. The van der Waals surface area contributed by atoms with Crippen molar-refractivity contribution in [2.45, 2.75) is 19.1 Å². The maximum Gasteiger partial charge on any atom is 0.274 e. The fourth-order valence-electron chi connectivity index (χ4n) is 1.52. The number of nitrogens with two attached hydrogens (primary N) is 1. The molecule has 7 nitrogen and oxygen atoms in total. The van der Waals surface area contributed by atoms with Gasteiger partial charge in [-0.25, -0.2) is 0 Å². The smallest absolute Gasteiger partial charge is 0.274 e. The van der Waals surface area contributed by atoms with Crippen LogP contribution in [0.4, 0.5) is 5.69 Å². The number of hydrogen-bond donors (Lipinski definition) is 3. The summed E-state index contributed by atoms with van der Waals surface area (Å²) in [5, 5.41) is 22.9. The third-order valence-corrected chi connectivity index (χ3v) is 2.55. The van der Waals surface area contributed by atoms with E-state index in [1.54, 1.807) is 25.1 Å². The number of benzene rings is 1. The first-order valence-corrected chi connectivity index (χ1v) is 5.37. The quantitative estimate of drug-likeness (QED) is 0.490. The van der Waals surface area contributed by atoms with Crippen molar-refractivity contribution in [3.63, 3.8) is 0 Å². The van der Waals surface area contributed by atoms with Gasteiger partial charge in [-0.15, -0.1) is 0 Å². The molecule has 0 bridgehead atoms. The topological polar surface area (TPSA) is 118 Å². The highest BCUT2D eigenvalue weighted by Crippen LogP contribution is 2.24. The Morgan fingerprint density at radius 2 is 2.17 bits per heavy atom. The Bertz CT molecular complexity index is 450. The second kappa shape index (κ2) is 6.08. The molecule has 1 aromatic carbocycles. The van der Waals surface area contributed by atoms with Gasteiger partial charge < -0.3 is 16.2 Å². The summed E-state index contributed by atoms with van der Waals surface area (Å²) in [6.45, 7) is 1.65. The second-order valence-electron chi connectivity index (χ2n) is 3.86. The van der Waals surface area contributed by atoms with Gasteiger partial charge in [0.1, 0.15) is 6.10 Å². The zero-order valence-electron chi connectivity index (χ0n) is 9.87. The summed E-state index contributed by atoms with van der Waals surface area (Å²) < 4.78 is 0. The Morgan fingerprint density at radius 3 is 2.72 bits per heavy atom. The number of nitro groups is 1. The zero-order chi connectivity index (χ0) is 13.7. The number of rotatable bonds is 6. The average molecular weight is 253 g/mol. The third kappa shape index (κ3) is 3.51. The lowest BCUT2D eigenvalue weighted by Gasteiger charge is -2.15. The number of carbonyl (C=O) groups is 1. The SMILES string of the molecule is CC(NCC(O)C(N)=O)c1ccccc1[N+](=O)[O-]. The molecule has 0 heterocycles. The molecule has 0 aliphatic rings. The van der Waals surface area contributed by atoms with Gasteiger partial charge in [0.15, 0.2) is 0 Å². The highest BCUT2D eigenvalue weighted by molar-refractivity contribution is 5.78. The molecular formula is C11H15N3O4. The van der Waals surface area contributed by atoms with E-state index in [1.165, 1.54) is 6.07 Å². The number of nitrogens with one attached hydrogen (secondary N) is 1. The van der Waals surface area contributed by atoms with Crippen molar-refractivity contribution >= 4 is 11.6 Å². The Kier molecular flexibility index (Phi) is 4.75. The minimum atomic E-state index is -1.31. The normalized spacial score (nSPS) is 13.9. The van der Waals surface area contributed by atoms with Crippen LogP contribution in [0.25, 0.3) is 0 Å². The van der Waals surface area contributed by atoms with Crippen molar-refractivity contribution < 1.29 is 14.8 Å². The first kappa shape index (κ1) is 14.1. The minimum absolute atomic E-state index is 0.00827. The van der Waals surface area contributed by atoms with Gasteiger partial charge in [0.2, 0.25) is 5.91 Å². The standard InChI is InChI=1S/C11H15N3O4/c1-7(13-6-10(15)11(12)16)8-4-2-3-5-9(8)14(17)18/h2-5,7,10,13,15H,6H2,1H3,(H2,12,16). The number of para-hydroxylation sites is 1. The number of primary amides is 1. The molecule has 0 aromatic heterocycles. The van der Waals surface area contributed by atoms with Crippen LogP contribution in [-0.2, 0) is 4.79 Å². The summed E-state index contributed by atoms with van der Waals surface area (Å²) in [6.07, 6.45) is -1.31. The molecule has 0 spiro atoms. The van der Waals surface area contributed by atoms with E-state index in [-0.39, 0.29) is 18.3 Å². The Balaban J connectivity index is 2.75. The molecule has 0 aliphatic heterocycles. The van der Waals surface area contributed by atoms with E-state index in [0.717, 1.165) is 0 Å². The maximum atomic E-state index is 10.8. The molecule has 1 amide bonds. The van der Waals surface area contributed by atoms with Crippen LogP contribution < -0.4 is 11.1 Å². The zero-order valence-corrected chi connectivity index (χ0v) is 9.87. The largest absolute Gasteiger partial charge is 0.382 e. The molecule has 4 N–H and O–H groups in total. The van der Waals surface area contributed by atoms with Crippen LogP contribution in [0.2, 0.25) is 0 Å². The van der Waals surface area contributed by atoms with Gasteiger partial charge in [-0.3, -0.25) is 14.9 Å². The van der Waals surface area contributed by atoms with Crippen molar-refractivity contribution in [1.82, 2.24) is 5.32 Å². The molecule has 0 saturated carbocycles. The second-order valence-corrected chi connectivity index (χ2v) is 3.86. The number of nitro benzene ring substituents is 1. The lowest BCUT2D eigenvalue weighted by atomic mass is 10.1. The van der Waals surface area contributed by atoms with Crippen LogP contribution in [0.5, 0.6) is 0 Å². The van der Waals surface area contributed by atoms with E-state index in [0.29, 0.717) is 5.56 Å². The lowest BCUT2D eigenvalue weighted by Crippen LogP contribution is -2.38. The molecule has 0 radical (unpaired) electrons. The van der Waals surface area contributed by atoms with E-state index < -0.39 is 16.9 Å². The lowest BCUT2D eigenvalue weighted by molar-refractivity contribution is -0.385. The van der Waals surface area contributed by atoms with Crippen molar-refractivity contribution in [2.75, 3.05) is 6.54 Å². The van der Waals surface area contributed by atoms with Crippen molar-refractivity contribution in [3.8, 4) is 0 Å². The van der Waals surface area contributed by atoms with Crippen LogP contribution in [-0.4, -0.2) is 28.6 Å². The molecule has 0 fully saturated rings. The van der Waals surface area contributed by atoms with E-state index in [2.05, 4.69) is 5.32 Å². The van der Waals surface area contributed by atoms with Gasteiger partial charge in [0.25, 0.3) is 5.69 Å². The van der Waals surface area contributed by atoms with Crippen LogP contribution in [0.3, 0.4) is 0 Å². The maximum absolute atomic E-state index is 10.8. The highest BCUT2D eigenvalue weighted by atomic mass is 16.6. The highest BCUT2D eigenvalue weighted by Gasteiger charge is 2.19. The van der Waals surface area contributed by atoms with Crippen LogP contribution >= 0.6 is 0 Å². The number of hydrogen-bond acceptors (Lipinski definition) is 5. The predicted octanol–water partition coefficient (Wildman–Crippen LogP) is 0.0916. The molecule has 0 aliphatic carbocycles. The summed E-state index contributed by atoms with van der Waals surface area (Å²) in [5.74, 6) is -0.836. The Hall–Kier alpha value is -1.99. The fraction of sp³-hybridized carbons (Fsp3) is 0.364. The van der Waals surface area contributed by atoms with E-state index in [9.17, 15) is 20.0 Å². The van der Waals surface area contributed by atoms with Crippen LogP contribution in [0.1, 0.15) is 18.5 Å². The van der Waals surface area contributed by atoms with Gasteiger partial charge >= 0.3 is 0 Å². The van der Waals surface area contributed by atoms with Crippen molar-refractivity contribution in [2.24, 2.45) is 5.73 Å². The molecular weight excluding hydrogens is 238 g/mol. The summed E-state index contributed by atoms with van der Waals surface area (Å²) in [7, 11) is 0. The van der Waals surface area contributed by atoms with E-state index in [4.69, 9.17) is 5.73 Å². The molecule has 2 atom stereocenters. The van der Waals surface area contributed by atoms with Gasteiger partial charge in [0.05, 0.1) is 4.92 Å². The Labute approximate surface area is 104 Å². The third-order valence-electron chi connectivity index (χ3n) is 2.55. The Morgan fingerprint density at radius 1 is 1.56 bits per heavy atom. The van der Waals surface area contributed by atoms with Crippen molar-refractivity contribution in [3.05, 3.63) is 39.9 Å². The van der Waals surface area contributed by atoms with Crippen LogP contribution in [0.15, 0.2) is 24.3 Å². The molecule has 0 saturated heterocycles. The molecule has 98 valence electrons. The van der Waals surface area contributed by atoms with Gasteiger partial charge in [0, 0.05) is 24.2 Å². The number of aliphatic hydroxyl groups excluding tert-OH is 1. The molecule has 2 unspecified atom stereocenters. The first-order valence-electron chi connectivity index (χ1n) is 5.37. The van der Waals surface area contributed by atoms with Gasteiger partial charge in [-0.2, -0.15) is 0 Å². The van der Waals surface area contributed by atoms with Crippen molar-refractivity contribution in [1.29, 1.82) is 0 Å². The molecule has 1 rings (SSSR count). The first-order chi connectivity index (χ1) is 8.43. The van der Waals surface area contributed by atoms with Crippen LogP contribution in [0, 0.1) is 10.1 Å². The fourth-order valence-corrected chi connectivity index (χ4v) is 1.52. The monoisotopic (exact) mass is 253 g/mol. The van der Waals surface area contributed by atoms with E-state index in [1.807, 2.05) is 0 Å². The average Bonchev–Trinajstić information content (AvgIpc) is 2.35. The molecule has 1 aromatic rings. The van der Waals surface area contributed by atoms with Gasteiger partial charge in [-0.1, -0.05) is 18.2 Å². The summed E-state index contributed by atoms with van der Waals surface area (Å²) in [4.78, 5) is 21.0. The predicted molar refractivity (Wildman–Crippen MR) is 64.7 cm³/mol. The molecule has 18 heavy (non-hydrogen) atoms. The number of carbonyl (C=O) groups excluding carboxylic acids is 1. The molecule has 7 heteroatoms. The number of amides is 1. The van der Waals surface area contributed by atoms with Gasteiger partial charge in [-0.05, 0) is 6.92 Å².